The highest BCUT2D eigenvalue weighted by molar-refractivity contribution is 9.10. The van der Waals surface area contributed by atoms with Crippen LogP contribution >= 0.6 is 15.9 Å². The van der Waals surface area contributed by atoms with Crippen LogP contribution in [0.2, 0.25) is 0 Å². The van der Waals surface area contributed by atoms with Crippen LogP contribution in [0.4, 0.5) is 10.2 Å². The molecule has 0 bridgehead atoms. The summed E-state index contributed by atoms with van der Waals surface area (Å²) in [6, 6.07) is 7.26. The van der Waals surface area contributed by atoms with Crippen LogP contribution in [0.15, 0.2) is 34.9 Å². The number of amides is 1. The number of nitriles is 1. The molecule has 6 nitrogen and oxygen atoms in total. The van der Waals surface area contributed by atoms with Gasteiger partial charge in [-0.1, -0.05) is 19.9 Å². The minimum atomic E-state index is -0.493. The first kappa shape index (κ1) is 17.8. The van der Waals surface area contributed by atoms with Crippen LogP contribution in [0.1, 0.15) is 30.0 Å². The maximum atomic E-state index is 13.3. The average Bonchev–Trinajstić information content (AvgIpc) is 2.54. The number of carbonyl (C=O) groups is 1. The molecule has 0 aliphatic heterocycles. The van der Waals surface area contributed by atoms with E-state index in [1.165, 1.54) is 29.4 Å². The Hall–Kier alpha value is -2.53. The Morgan fingerprint density at radius 3 is 2.88 bits per heavy atom. The molecule has 0 aliphatic rings. The van der Waals surface area contributed by atoms with E-state index in [4.69, 9.17) is 5.26 Å². The standard InChI is InChI=1S/C16H15BrFN5O/c1-10(2)9-23(15-13(17)8-20-14(7-19)21-15)22-16(24)11-4-3-5-12(18)6-11/h3-6,8,10H,9H2,1-2H3,(H,22,24). The Labute approximate surface area is 147 Å². The monoisotopic (exact) mass is 391 g/mol. The van der Waals surface area contributed by atoms with E-state index in [2.05, 4.69) is 31.3 Å². The van der Waals surface area contributed by atoms with Gasteiger partial charge in [-0.2, -0.15) is 10.2 Å². The van der Waals surface area contributed by atoms with Crippen LogP contribution in [0.3, 0.4) is 0 Å². The third kappa shape index (κ3) is 4.49. The number of carbonyl (C=O) groups excluding carboxylic acids is 1. The first-order valence-corrected chi connectivity index (χ1v) is 7.96. The third-order valence-electron chi connectivity index (χ3n) is 2.95. The van der Waals surface area contributed by atoms with Crippen molar-refractivity contribution in [1.82, 2.24) is 15.4 Å². The van der Waals surface area contributed by atoms with Gasteiger partial charge in [-0.25, -0.2) is 9.37 Å². The van der Waals surface area contributed by atoms with Crippen molar-refractivity contribution >= 4 is 27.7 Å². The van der Waals surface area contributed by atoms with Gasteiger partial charge in [0.15, 0.2) is 5.82 Å². The molecule has 1 heterocycles. The van der Waals surface area contributed by atoms with E-state index in [1.54, 1.807) is 0 Å². The second kappa shape index (κ2) is 7.84. The fourth-order valence-corrected chi connectivity index (χ4v) is 2.37. The summed E-state index contributed by atoms with van der Waals surface area (Å²) >= 11 is 3.32. The lowest BCUT2D eigenvalue weighted by atomic mass is 10.2. The van der Waals surface area contributed by atoms with Crippen molar-refractivity contribution < 1.29 is 9.18 Å². The molecule has 2 aromatic rings. The predicted octanol–water partition coefficient (Wildman–Crippen LogP) is 3.06. The number of nitrogens with one attached hydrogen (secondary N) is 1. The number of hydrazine groups is 1. The topological polar surface area (TPSA) is 81.9 Å². The molecular weight excluding hydrogens is 377 g/mol. The number of hydrogen-bond donors (Lipinski definition) is 1. The largest absolute Gasteiger partial charge is 0.269 e. The molecular formula is C16H15BrFN5O. The number of aromatic nitrogens is 2. The smallest absolute Gasteiger partial charge is 0.267 e. The Morgan fingerprint density at radius 2 is 2.25 bits per heavy atom. The minimum Gasteiger partial charge on any atom is -0.267 e. The maximum absolute atomic E-state index is 13.3. The zero-order valence-corrected chi connectivity index (χ0v) is 14.7. The molecule has 1 N–H and O–H groups in total. The molecule has 0 saturated heterocycles. The molecule has 0 unspecified atom stereocenters. The molecule has 0 radical (unpaired) electrons. The first-order valence-electron chi connectivity index (χ1n) is 7.17. The van der Waals surface area contributed by atoms with Gasteiger partial charge in [0.1, 0.15) is 11.9 Å². The van der Waals surface area contributed by atoms with Crippen molar-refractivity contribution in [2.24, 2.45) is 5.92 Å². The Morgan fingerprint density at radius 1 is 1.50 bits per heavy atom. The van der Waals surface area contributed by atoms with Gasteiger partial charge in [0.05, 0.1) is 4.47 Å². The molecule has 0 fully saturated rings. The van der Waals surface area contributed by atoms with Gasteiger partial charge >= 0.3 is 0 Å². The van der Waals surface area contributed by atoms with Crippen LogP contribution < -0.4 is 10.4 Å². The summed E-state index contributed by atoms with van der Waals surface area (Å²) in [4.78, 5) is 20.4. The summed E-state index contributed by atoms with van der Waals surface area (Å²) in [5.74, 6) is -0.417. The van der Waals surface area contributed by atoms with Crippen LogP contribution in [-0.4, -0.2) is 22.4 Å². The lowest BCUT2D eigenvalue weighted by Crippen LogP contribution is -2.45. The normalized spacial score (nSPS) is 10.3. The van der Waals surface area contributed by atoms with Crippen molar-refractivity contribution in [1.29, 1.82) is 5.26 Å². The summed E-state index contributed by atoms with van der Waals surface area (Å²) in [6.45, 7) is 4.39. The Kier molecular flexibility index (Phi) is 5.82. The second-order valence-electron chi connectivity index (χ2n) is 5.43. The van der Waals surface area contributed by atoms with Gasteiger partial charge in [-0.3, -0.25) is 15.2 Å². The van der Waals surface area contributed by atoms with E-state index in [0.717, 1.165) is 6.07 Å². The molecule has 8 heteroatoms. The number of rotatable bonds is 5. The molecule has 0 aliphatic carbocycles. The van der Waals surface area contributed by atoms with E-state index in [9.17, 15) is 9.18 Å². The molecule has 124 valence electrons. The van der Waals surface area contributed by atoms with E-state index in [1.807, 2.05) is 19.9 Å². The first-order chi connectivity index (χ1) is 11.4. The zero-order valence-electron chi connectivity index (χ0n) is 13.1. The highest BCUT2D eigenvalue weighted by Gasteiger charge is 2.18. The molecule has 0 atom stereocenters. The van der Waals surface area contributed by atoms with Crippen LogP contribution in [-0.2, 0) is 0 Å². The molecule has 1 aromatic heterocycles. The van der Waals surface area contributed by atoms with Crippen molar-refractivity contribution in [3.63, 3.8) is 0 Å². The highest BCUT2D eigenvalue weighted by Crippen LogP contribution is 2.23. The minimum absolute atomic E-state index is 0.0121. The van der Waals surface area contributed by atoms with Crippen molar-refractivity contribution in [2.45, 2.75) is 13.8 Å². The van der Waals surface area contributed by atoms with E-state index in [-0.39, 0.29) is 17.3 Å². The predicted molar refractivity (Wildman–Crippen MR) is 90.5 cm³/mol. The van der Waals surface area contributed by atoms with Crippen molar-refractivity contribution in [3.8, 4) is 6.07 Å². The number of hydrogen-bond acceptors (Lipinski definition) is 5. The quantitative estimate of drug-likeness (QED) is 0.791. The summed E-state index contributed by atoms with van der Waals surface area (Å²) in [5, 5.41) is 10.5. The fourth-order valence-electron chi connectivity index (χ4n) is 1.97. The third-order valence-corrected chi connectivity index (χ3v) is 3.51. The second-order valence-corrected chi connectivity index (χ2v) is 6.29. The van der Waals surface area contributed by atoms with Gasteiger partial charge < -0.3 is 0 Å². The SMILES string of the molecule is CC(C)CN(NC(=O)c1cccc(F)c1)c1nc(C#N)ncc1Br. The lowest BCUT2D eigenvalue weighted by molar-refractivity contribution is 0.0947. The number of halogens is 2. The zero-order chi connectivity index (χ0) is 17.7. The Balaban J connectivity index is 2.32. The van der Waals surface area contributed by atoms with Gasteiger partial charge in [0, 0.05) is 18.3 Å². The van der Waals surface area contributed by atoms with Crippen molar-refractivity contribution in [2.75, 3.05) is 11.6 Å². The Bertz CT molecular complexity index is 790. The summed E-state index contributed by atoms with van der Waals surface area (Å²) < 4.78 is 13.8. The van der Waals surface area contributed by atoms with E-state index < -0.39 is 11.7 Å². The van der Waals surface area contributed by atoms with Gasteiger partial charge in [-0.05, 0) is 40.0 Å². The maximum Gasteiger partial charge on any atom is 0.269 e. The summed E-state index contributed by atoms with van der Waals surface area (Å²) in [6.07, 6.45) is 1.45. The highest BCUT2D eigenvalue weighted by atomic mass is 79.9. The molecule has 2 rings (SSSR count). The molecule has 24 heavy (non-hydrogen) atoms. The molecule has 1 aromatic carbocycles. The van der Waals surface area contributed by atoms with Crippen LogP contribution in [0.25, 0.3) is 0 Å². The fraction of sp³-hybridized carbons (Fsp3) is 0.250. The van der Waals surface area contributed by atoms with Gasteiger partial charge in [0.2, 0.25) is 5.82 Å². The molecule has 1 amide bonds. The average molecular weight is 392 g/mol. The number of benzene rings is 1. The summed E-state index contributed by atoms with van der Waals surface area (Å²) in [7, 11) is 0. The number of anilines is 1. The summed E-state index contributed by atoms with van der Waals surface area (Å²) in [5.41, 5.74) is 2.89. The molecule has 0 saturated carbocycles. The van der Waals surface area contributed by atoms with Crippen LogP contribution in [0.5, 0.6) is 0 Å². The van der Waals surface area contributed by atoms with Crippen LogP contribution in [0, 0.1) is 23.1 Å². The lowest BCUT2D eigenvalue weighted by Gasteiger charge is -2.26. The van der Waals surface area contributed by atoms with Gasteiger partial charge in [0.25, 0.3) is 5.91 Å². The van der Waals surface area contributed by atoms with E-state index >= 15 is 0 Å². The van der Waals surface area contributed by atoms with E-state index in [0.29, 0.717) is 16.8 Å². The number of nitrogens with zero attached hydrogens (tertiary/aromatic N) is 4. The molecule has 0 spiro atoms. The van der Waals surface area contributed by atoms with Gasteiger partial charge in [-0.15, -0.1) is 0 Å². The van der Waals surface area contributed by atoms with Crippen molar-refractivity contribution in [3.05, 3.63) is 52.1 Å².